The van der Waals surface area contributed by atoms with Crippen molar-refractivity contribution in [1.29, 1.82) is 0 Å². The van der Waals surface area contributed by atoms with E-state index in [-0.39, 0.29) is 5.91 Å². The smallest absolute Gasteiger partial charge is 0.220 e. The average molecular weight is 248 g/mol. The molecule has 0 heterocycles. The number of hydrogen-bond acceptors (Lipinski definition) is 3. The molecule has 0 aliphatic heterocycles. The minimum Gasteiger partial charge on any atom is -0.492 e. The summed E-state index contributed by atoms with van der Waals surface area (Å²) in [4.78, 5) is 11.5. The Morgan fingerprint density at radius 2 is 2.06 bits per heavy atom. The van der Waals surface area contributed by atoms with Gasteiger partial charge in [-0.3, -0.25) is 4.79 Å². The number of nitrogens with two attached hydrogens (primary N) is 1. The Balaban J connectivity index is 1.73. The standard InChI is InChI=1S/C14H20N2O2/c15-9-10-18-13-6-1-11(2-7-13)3-8-14(17)16-12-4-5-12/h1-2,6-7,12H,3-5,8-10,15H2,(H,16,17). The van der Waals surface area contributed by atoms with Crippen LogP contribution in [0.1, 0.15) is 24.8 Å². The third-order valence-electron chi connectivity index (χ3n) is 2.89. The maximum Gasteiger partial charge on any atom is 0.220 e. The number of carbonyl (C=O) groups excluding carboxylic acids is 1. The Morgan fingerprint density at radius 3 is 2.67 bits per heavy atom. The van der Waals surface area contributed by atoms with E-state index in [1.54, 1.807) is 0 Å². The lowest BCUT2D eigenvalue weighted by molar-refractivity contribution is -0.121. The molecule has 18 heavy (non-hydrogen) atoms. The van der Waals surface area contributed by atoms with Crippen LogP contribution in [0.25, 0.3) is 0 Å². The highest BCUT2D eigenvalue weighted by Crippen LogP contribution is 2.19. The fourth-order valence-electron chi connectivity index (χ4n) is 1.71. The van der Waals surface area contributed by atoms with Crippen molar-refractivity contribution in [2.75, 3.05) is 13.2 Å². The van der Waals surface area contributed by atoms with Crippen LogP contribution in [0.3, 0.4) is 0 Å². The predicted molar refractivity (Wildman–Crippen MR) is 70.5 cm³/mol. The summed E-state index contributed by atoms with van der Waals surface area (Å²) >= 11 is 0. The van der Waals surface area contributed by atoms with E-state index in [1.807, 2.05) is 24.3 Å². The van der Waals surface area contributed by atoms with Gasteiger partial charge in [0.1, 0.15) is 12.4 Å². The summed E-state index contributed by atoms with van der Waals surface area (Å²) in [5.41, 5.74) is 6.52. The van der Waals surface area contributed by atoms with E-state index < -0.39 is 0 Å². The third-order valence-corrected chi connectivity index (χ3v) is 2.89. The second kappa shape index (κ2) is 6.40. The molecule has 0 atom stereocenters. The van der Waals surface area contributed by atoms with Crippen molar-refractivity contribution in [3.8, 4) is 5.75 Å². The summed E-state index contributed by atoms with van der Waals surface area (Å²) in [7, 11) is 0. The second-order valence-corrected chi connectivity index (χ2v) is 4.62. The van der Waals surface area contributed by atoms with Gasteiger partial charge in [0.2, 0.25) is 5.91 Å². The molecule has 1 aliphatic carbocycles. The molecule has 1 aliphatic rings. The van der Waals surface area contributed by atoms with Gasteiger partial charge in [-0.2, -0.15) is 0 Å². The lowest BCUT2D eigenvalue weighted by Crippen LogP contribution is -2.25. The first kappa shape index (κ1) is 12.9. The average Bonchev–Trinajstić information content (AvgIpc) is 3.19. The van der Waals surface area contributed by atoms with Gasteiger partial charge in [-0.15, -0.1) is 0 Å². The summed E-state index contributed by atoms with van der Waals surface area (Å²) in [6.45, 7) is 1.05. The van der Waals surface area contributed by atoms with Crippen LogP contribution < -0.4 is 15.8 Å². The van der Waals surface area contributed by atoms with Crippen LogP contribution in [0.2, 0.25) is 0 Å². The number of benzene rings is 1. The highest BCUT2D eigenvalue weighted by Gasteiger charge is 2.22. The summed E-state index contributed by atoms with van der Waals surface area (Å²) < 4.78 is 5.39. The molecule has 0 aromatic heterocycles. The van der Waals surface area contributed by atoms with Crippen LogP contribution in [0.15, 0.2) is 24.3 Å². The largest absolute Gasteiger partial charge is 0.492 e. The van der Waals surface area contributed by atoms with Gasteiger partial charge in [-0.05, 0) is 37.0 Å². The topological polar surface area (TPSA) is 64.3 Å². The number of amides is 1. The van der Waals surface area contributed by atoms with Crippen LogP contribution in [-0.4, -0.2) is 25.1 Å². The number of nitrogens with one attached hydrogen (secondary N) is 1. The number of hydrogen-bond donors (Lipinski definition) is 2. The lowest BCUT2D eigenvalue weighted by atomic mass is 10.1. The normalized spacial score (nSPS) is 14.3. The summed E-state index contributed by atoms with van der Waals surface area (Å²) in [5, 5.41) is 2.99. The monoisotopic (exact) mass is 248 g/mol. The highest BCUT2D eigenvalue weighted by atomic mass is 16.5. The Hall–Kier alpha value is -1.55. The zero-order valence-electron chi connectivity index (χ0n) is 10.5. The Labute approximate surface area is 108 Å². The van der Waals surface area contributed by atoms with Gasteiger partial charge in [0, 0.05) is 19.0 Å². The minimum absolute atomic E-state index is 0.154. The first-order valence-electron chi connectivity index (χ1n) is 6.49. The quantitative estimate of drug-likeness (QED) is 0.763. The molecule has 1 fully saturated rings. The van der Waals surface area contributed by atoms with Crippen LogP contribution in [0, 0.1) is 0 Å². The first-order chi connectivity index (χ1) is 8.78. The zero-order chi connectivity index (χ0) is 12.8. The first-order valence-corrected chi connectivity index (χ1v) is 6.49. The molecular weight excluding hydrogens is 228 g/mol. The van der Waals surface area contributed by atoms with Crippen LogP contribution >= 0.6 is 0 Å². The molecule has 0 bridgehead atoms. The molecule has 4 nitrogen and oxygen atoms in total. The van der Waals surface area contributed by atoms with Crippen molar-refractivity contribution >= 4 is 5.91 Å². The number of carbonyl (C=O) groups is 1. The molecule has 0 radical (unpaired) electrons. The molecule has 4 heteroatoms. The SMILES string of the molecule is NCCOc1ccc(CCC(=O)NC2CC2)cc1. The summed E-state index contributed by atoms with van der Waals surface area (Å²) in [6.07, 6.45) is 3.60. The third kappa shape index (κ3) is 4.37. The van der Waals surface area contributed by atoms with E-state index in [0.29, 0.717) is 25.6 Å². The van der Waals surface area contributed by atoms with Gasteiger partial charge < -0.3 is 15.8 Å². The summed E-state index contributed by atoms with van der Waals surface area (Å²) in [5.74, 6) is 0.979. The molecule has 0 saturated heterocycles. The maximum absolute atomic E-state index is 11.5. The van der Waals surface area contributed by atoms with Crippen LogP contribution in [0.4, 0.5) is 0 Å². The van der Waals surface area contributed by atoms with Crippen molar-refractivity contribution in [3.63, 3.8) is 0 Å². The van der Waals surface area contributed by atoms with E-state index >= 15 is 0 Å². The van der Waals surface area contributed by atoms with E-state index in [0.717, 1.165) is 30.6 Å². The maximum atomic E-state index is 11.5. The molecule has 0 unspecified atom stereocenters. The van der Waals surface area contributed by atoms with E-state index in [9.17, 15) is 4.79 Å². The number of ether oxygens (including phenoxy) is 1. The van der Waals surface area contributed by atoms with Crippen molar-refractivity contribution in [2.45, 2.75) is 31.7 Å². The van der Waals surface area contributed by atoms with Crippen LogP contribution in [0.5, 0.6) is 5.75 Å². The lowest BCUT2D eigenvalue weighted by Gasteiger charge is -2.06. The molecule has 98 valence electrons. The minimum atomic E-state index is 0.154. The van der Waals surface area contributed by atoms with Gasteiger partial charge in [0.25, 0.3) is 0 Å². The fourth-order valence-corrected chi connectivity index (χ4v) is 1.71. The van der Waals surface area contributed by atoms with Crippen molar-refractivity contribution < 1.29 is 9.53 Å². The summed E-state index contributed by atoms with van der Waals surface area (Å²) in [6, 6.07) is 8.28. The number of aryl methyl sites for hydroxylation is 1. The molecule has 2 rings (SSSR count). The van der Waals surface area contributed by atoms with Crippen molar-refractivity contribution in [2.24, 2.45) is 5.73 Å². The van der Waals surface area contributed by atoms with Gasteiger partial charge >= 0.3 is 0 Å². The van der Waals surface area contributed by atoms with Crippen molar-refractivity contribution in [1.82, 2.24) is 5.32 Å². The van der Waals surface area contributed by atoms with Gasteiger partial charge in [0.05, 0.1) is 0 Å². The van der Waals surface area contributed by atoms with Gasteiger partial charge in [-0.1, -0.05) is 12.1 Å². The zero-order valence-corrected chi connectivity index (χ0v) is 10.5. The van der Waals surface area contributed by atoms with Crippen LogP contribution in [-0.2, 0) is 11.2 Å². The Kier molecular flexibility index (Phi) is 4.59. The van der Waals surface area contributed by atoms with Gasteiger partial charge in [0.15, 0.2) is 0 Å². The van der Waals surface area contributed by atoms with Crippen molar-refractivity contribution in [3.05, 3.63) is 29.8 Å². The molecule has 0 spiro atoms. The molecule has 3 N–H and O–H groups in total. The Bertz CT molecular complexity index is 385. The molecule has 1 amide bonds. The van der Waals surface area contributed by atoms with Gasteiger partial charge in [-0.25, -0.2) is 0 Å². The molecule has 1 aromatic rings. The predicted octanol–water partition coefficient (Wildman–Crippen LogP) is 1.24. The second-order valence-electron chi connectivity index (χ2n) is 4.62. The highest BCUT2D eigenvalue weighted by molar-refractivity contribution is 5.76. The fraction of sp³-hybridized carbons (Fsp3) is 0.500. The number of rotatable bonds is 7. The molecule has 1 saturated carbocycles. The Morgan fingerprint density at radius 1 is 1.33 bits per heavy atom. The molecule has 1 aromatic carbocycles. The van der Waals surface area contributed by atoms with E-state index in [1.165, 1.54) is 0 Å². The molecular formula is C14H20N2O2. The van der Waals surface area contributed by atoms with E-state index in [2.05, 4.69) is 5.32 Å². The van der Waals surface area contributed by atoms with E-state index in [4.69, 9.17) is 10.5 Å².